The Hall–Kier alpha value is -2.77. The second-order valence-corrected chi connectivity index (χ2v) is 6.08. The summed E-state index contributed by atoms with van der Waals surface area (Å²) in [5, 5.41) is 9.12. The monoisotopic (exact) mass is 348 g/mol. The second-order valence-electron chi connectivity index (χ2n) is 6.08. The van der Waals surface area contributed by atoms with E-state index in [1.54, 1.807) is 6.20 Å². The Balaban J connectivity index is 1.60. The van der Waals surface area contributed by atoms with Crippen molar-refractivity contribution < 1.29 is 18.4 Å². The number of carbonyl (C=O) groups is 2. The zero-order chi connectivity index (χ0) is 18.0. The number of aromatic nitrogens is 2. The summed E-state index contributed by atoms with van der Waals surface area (Å²) in [6.45, 7) is 2.40. The molecule has 0 saturated carbocycles. The van der Waals surface area contributed by atoms with Crippen LogP contribution < -0.4 is 5.32 Å². The number of aromatic amines is 1. The molecule has 1 saturated heterocycles. The van der Waals surface area contributed by atoms with Crippen LogP contribution >= 0.6 is 0 Å². The molecule has 1 unspecified atom stereocenters. The Morgan fingerprint density at radius 1 is 1.36 bits per heavy atom. The molecule has 2 amide bonds. The highest BCUT2D eigenvalue weighted by atomic mass is 19.1. The largest absolute Gasteiger partial charge is 0.344 e. The van der Waals surface area contributed by atoms with Gasteiger partial charge in [-0.3, -0.25) is 14.7 Å². The van der Waals surface area contributed by atoms with Gasteiger partial charge in [-0.05, 0) is 25.5 Å². The highest BCUT2D eigenvalue weighted by Crippen LogP contribution is 2.30. The number of benzene rings is 1. The topological polar surface area (TPSA) is 78.1 Å². The number of hydrogen-bond donors (Lipinski definition) is 2. The molecule has 0 aliphatic carbocycles. The molecule has 2 aromatic rings. The minimum absolute atomic E-state index is 0.0211. The van der Waals surface area contributed by atoms with E-state index < -0.39 is 29.4 Å². The average Bonchev–Trinajstić information content (AvgIpc) is 3.21. The molecule has 1 aromatic carbocycles. The summed E-state index contributed by atoms with van der Waals surface area (Å²) in [6, 6.07) is 3.70. The number of aryl methyl sites for hydroxylation is 1. The number of carbonyl (C=O) groups excluding carboxylic acids is 2. The van der Waals surface area contributed by atoms with Crippen molar-refractivity contribution in [1.82, 2.24) is 20.4 Å². The van der Waals surface area contributed by atoms with Crippen molar-refractivity contribution in [3.8, 4) is 0 Å². The minimum atomic E-state index is -0.741. The van der Waals surface area contributed by atoms with Gasteiger partial charge in [-0.2, -0.15) is 5.10 Å². The number of likely N-dealkylation sites (tertiary alicyclic amines) is 1. The molecule has 0 radical (unpaired) electrons. The van der Waals surface area contributed by atoms with Crippen LogP contribution in [0.3, 0.4) is 0 Å². The summed E-state index contributed by atoms with van der Waals surface area (Å²) < 4.78 is 27.7. The van der Waals surface area contributed by atoms with Crippen LogP contribution in [-0.2, 0) is 16.1 Å². The van der Waals surface area contributed by atoms with Gasteiger partial charge in [0.2, 0.25) is 0 Å². The van der Waals surface area contributed by atoms with E-state index in [-0.39, 0.29) is 25.2 Å². The summed E-state index contributed by atoms with van der Waals surface area (Å²) in [5.74, 6) is -3.14. The van der Waals surface area contributed by atoms with Crippen LogP contribution in [0, 0.1) is 18.6 Å². The maximum atomic E-state index is 13.9. The highest BCUT2D eigenvalue weighted by Gasteiger charge is 2.33. The number of nitrogens with zero attached hydrogens (tertiary/aromatic N) is 2. The first-order valence-electron chi connectivity index (χ1n) is 7.97. The lowest BCUT2D eigenvalue weighted by molar-refractivity contribution is -0.145. The van der Waals surface area contributed by atoms with Crippen LogP contribution in [0.2, 0.25) is 0 Å². The lowest BCUT2D eigenvalue weighted by Gasteiger charge is -2.16. The maximum Gasteiger partial charge on any atom is 0.311 e. The number of hydrogen-bond acceptors (Lipinski definition) is 3. The first kappa shape index (κ1) is 17.1. The third kappa shape index (κ3) is 3.52. The van der Waals surface area contributed by atoms with Crippen molar-refractivity contribution in [1.29, 1.82) is 0 Å². The maximum absolute atomic E-state index is 13.9. The molecule has 8 heteroatoms. The van der Waals surface area contributed by atoms with E-state index in [2.05, 4.69) is 15.5 Å². The quantitative estimate of drug-likeness (QED) is 0.828. The summed E-state index contributed by atoms with van der Waals surface area (Å²) in [6.07, 6.45) is 1.99. The van der Waals surface area contributed by atoms with Crippen LogP contribution in [0.1, 0.15) is 29.2 Å². The van der Waals surface area contributed by atoms with E-state index >= 15 is 0 Å². The number of halogens is 2. The van der Waals surface area contributed by atoms with Crippen molar-refractivity contribution in [2.75, 3.05) is 13.1 Å². The Kier molecular flexibility index (Phi) is 4.78. The Morgan fingerprint density at radius 3 is 2.72 bits per heavy atom. The third-order valence-electron chi connectivity index (χ3n) is 4.45. The summed E-state index contributed by atoms with van der Waals surface area (Å²) in [4.78, 5) is 25.6. The fourth-order valence-electron chi connectivity index (χ4n) is 3.03. The van der Waals surface area contributed by atoms with Gasteiger partial charge in [-0.25, -0.2) is 8.78 Å². The van der Waals surface area contributed by atoms with E-state index in [0.717, 1.165) is 11.3 Å². The summed E-state index contributed by atoms with van der Waals surface area (Å²) in [5.41, 5.74) is 1.57. The molecule has 1 aliphatic rings. The van der Waals surface area contributed by atoms with Crippen molar-refractivity contribution in [2.24, 2.45) is 0 Å². The Morgan fingerprint density at radius 2 is 2.08 bits per heavy atom. The van der Waals surface area contributed by atoms with Crippen molar-refractivity contribution in [3.05, 3.63) is 52.9 Å². The van der Waals surface area contributed by atoms with Crippen LogP contribution in [-0.4, -0.2) is 40.0 Å². The van der Waals surface area contributed by atoms with E-state index in [4.69, 9.17) is 0 Å². The molecule has 0 bridgehead atoms. The third-order valence-corrected chi connectivity index (χ3v) is 4.45. The van der Waals surface area contributed by atoms with Gasteiger partial charge in [0.25, 0.3) is 0 Å². The SMILES string of the molecule is Cc1[nH]ncc1CNC(=O)C(=O)N1CCC(c2c(F)cccc2F)C1. The molecule has 6 nitrogen and oxygen atoms in total. The standard InChI is InChI=1S/C17H18F2N4O2/c1-10-12(8-21-22-10)7-20-16(24)17(25)23-6-5-11(9-23)15-13(18)3-2-4-14(15)19/h2-4,8,11H,5-7,9H2,1H3,(H,20,24)(H,21,22). The van der Waals surface area contributed by atoms with Gasteiger partial charge in [0.05, 0.1) is 6.20 Å². The Bertz CT molecular complexity index is 785. The number of nitrogens with one attached hydrogen (secondary N) is 2. The smallest absolute Gasteiger partial charge is 0.311 e. The Labute approximate surface area is 143 Å². The lowest BCUT2D eigenvalue weighted by atomic mass is 9.97. The minimum Gasteiger partial charge on any atom is -0.344 e. The van der Waals surface area contributed by atoms with Crippen LogP contribution in [0.5, 0.6) is 0 Å². The normalized spacial score (nSPS) is 16.9. The van der Waals surface area contributed by atoms with E-state index in [9.17, 15) is 18.4 Å². The van der Waals surface area contributed by atoms with Gasteiger partial charge in [0.1, 0.15) is 11.6 Å². The van der Waals surface area contributed by atoms with Gasteiger partial charge in [-0.1, -0.05) is 6.07 Å². The molecule has 2 heterocycles. The van der Waals surface area contributed by atoms with Crippen molar-refractivity contribution >= 4 is 11.8 Å². The molecule has 0 spiro atoms. The zero-order valence-corrected chi connectivity index (χ0v) is 13.7. The zero-order valence-electron chi connectivity index (χ0n) is 13.7. The van der Waals surface area contributed by atoms with Crippen LogP contribution in [0.4, 0.5) is 8.78 Å². The molecular weight excluding hydrogens is 330 g/mol. The highest BCUT2D eigenvalue weighted by molar-refractivity contribution is 6.35. The molecule has 2 N–H and O–H groups in total. The predicted octanol–water partition coefficient (Wildman–Crippen LogP) is 1.63. The molecule has 1 aromatic heterocycles. The van der Waals surface area contributed by atoms with Crippen LogP contribution in [0.25, 0.3) is 0 Å². The lowest BCUT2D eigenvalue weighted by Crippen LogP contribution is -2.41. The molecule has 1 atom stereocenters. The number of rotatable bonds is 3. The first-order chi connectivity index (χ1) is 12.0. The van der Waals surface area contributed by atoms with Crippen LogP contribution in [0.15, 0.2) is 24.4 Å². The van der Waals surface area contributed by atoms with Crippen molar-refractivity contribution in [3.63, 3.8) is 0 Å². The fourth-order valence-corrected chi connectivity index (χ4v) is 3.03. The van der Waals surface area contributed by atoms with Gasteiger partial charge in [0.15, 0.2) is 0 Å². The van der Waals surface area contributed by atoms with Crippen molar-refractivity contribution in [2.45, 2.75) is 25.8 Å². The van der Waals surface area contributed by atoms with Gasteiger partial charge in [-0.15, -0.1) is 0 Å². The van der Waals surface area contributed by atoms with E-state index in [1.807, 2.05) is 6.92 Å². The summed E-state index contributed by atoms with van der Waals surface area (Å²) >= 11 is 0. The molecule has 3 rings (SSSR count). The molecule has 25 heavy (non-hydrogen) atoms. The van der Waals surface area contributed by atoms with Gasteiger partial charge >= 0.3 is 11.8 Å². The van der Waals surface area contributed by atoms with E-state index in [0.29, 0.717) is 6.42 Å². The number of amides is 2. The van der Waals surface area contributed by atoms with Gasteiger partial charge < -0.3 is 10.2 Å². The average molecular weight is 348 g/mol. The van der Waals surface area contributed by atoms with Gasteiger partial charge in [0, 0.05) is 42.4 Å². The molecule has 1 aliphatic heterocycles. The molecule has 132 valence electrons. The fraction of sp³-hybridized carbons (Fsp3) is 0.353. The molecule has 1 fully saturated rings. The number of H-pyrrole nitrogens is 1. The molecular formula is C17H18F2N4O2. The first-order valence-corrected chi connectivity index (χ1v) is 7.97. The second kappa shape index (κ2) is 7.00. The predicted molar refractivity (Wildman–Crippen MR) is 85.5 cm³/mol. The van der Waals surface area contributed by atoms with E-state index in [1.165, 1.54) is 23.1 Å². The summed E-state index contributed by atoms with van der Waals surface area (Å²) in [7, 11) is 0.